The number of hydrogen-bond donors (Lipinski definition) is 0. The molecule has 1 aliphatic heterocycles. The van der Waals surface area contributed by atoms with Gasteiger partial charge in [0.1, 0.15) is 5.69 Å². The first kappa shape index (κ1) is 24.4. The number of likely N-dealkylation sites (tertiary alicyclic amines) is 1. The van der Waals surface area contributed by atoms with Crippen molar-refractivity contribution in [2.24, 2.45) is 5.92 Å². The molecule has 5 nitrogen and oxygen atoms in total. The fourth-order valence-corrected chi connectivity index (χ4v) is 5.47. The molecule has 0 bridgehead atoms. The fourth-order valence-electron chi connectivity index (χ4n) is 5.47. The number of piperidine rings is 1. The van der Waals surface area contributed by atoms with Crippen molar-refractivity contribution in [2.45, 2.75) is 50.7 Å². The second-order valence-corrected chi connectivity index (χ2v) is 10.00. The molecule has 2 aliphatic rings. The third-order valence-electron chi connectivity index (χ3n) is 7.50. The SMILES string of the molecule is COc1cc(CN2CCC([C@@H](Cc3ccccc3)N(C(=O)c3ccccn3)C3CC3)CC2)ccc1F. The first-order chi connectivity index (χ1) is 17.6. The molecule has 2 heterocycles. The van der Waals surface area contributed by atoms with Gasteiger partial charge in [-0.25, -0.2) is 4.39 Å². The quantitative estimate of drug-likeness (QED) is 0.408. The molecule has 1 aliphatic carbocycles. The van der Waals surface area contributed by atoms with Crippen LogP contribution in [0.15, 0.2) is 72.9 Å². The summed E-state index contributed by atoms with van der Waals surface area (Å²) in [5.74, 6) is 0.428. The van der Waals surface area contributed by atoms with Gasteiger partial charge in [-0.2, -0.15) is 0 Å². The molecule has 1 aromatic heterocycles. The maximum atomic E-state index is 13.8. The van der Waals surface area contributed by atoms with Crippen LogP contribution in [0.25, 0.3) is 0 Å². The van der Waals surface area contributed by atoms with Crippen molar-refractivity contribution >= 4 is 5.91 Å². The second kappa shape index (κ2) is 11.2. The number of aromatic nitrogens is 1. The predicted molar refractivity (Wildman–Crippen MR) is 138 cm³/mol. The molecule has 36 heavy (non-hydrogen) atoms. The number of hydrogen-bond acceptors (Lipinski definition) is 4. The lowest BCUT2D eigenvalue weighted by atomic mass is 9.84. The summed E-state index contributed by atoms with van der Waals surface area (Å²) in [4.78, 5) is 22.7. The van der Waals surface area contributed by atoms with Crippen molar-refractivity contribution < 1.29 is 13.9 Å². The van der Waals surface area contributed by atoms with Crippen LogP contribution in [0.5, 0.6) is 5.75 Å². The Morgan fingerprint density at radius 1 is 1.03 bits per heavy atom. The number of halogens is 1. The summed E-state index contributed by atoms with van der Waals surface area (Å²) in [5.41, 5.74) is 2.85. The Morgan fingerprint density at radius 3 is 2.44 bits per heavy atom. The molecule has 3 aromatic rings. The minimum atomic E-state index is -0.332. The molecule has 6 heteroatoms. The highest BCUT2D eigenvalue weighted by Crippen LogP contribution is 2.36. The Balaban J connectivity index is 1.32. The minimum Gasteiger partial charge on any atom is -0.494 e. The molecule has 2 fully saturated rings. The van der Waals surface area contributed by atoms with E-state index in [1.165, 1.54) is 18.7 Å². The maximum Gasteiger partial charge on any atom is 0.272 e. The van der Waals surface area contributed by atoms with E-state index >= 15 is 0 Å². The zero-order chi connectivity index (χ0) is 24.9. The van der Waals surface area contributed by atoms with E-state index in [4.69, 9.17) is 4.74 Å². The summed E-state index contributed by atoms with van der Waals surface area (Å²) in [6, 6.07) is 21.7. The summed E-state index contributed by atoms with van der Waals surface area (Å²) in [6.07, 6.45) is 6.73. The topological polar surface area (TPSA) is 45.7 Å². The number of carbonyl (C=O) groups is 1. The van der Waals surface area contributed by atoms with Crippen LogP contribution in [0, 0.1) is 11.7 Å². The smallest absolute Gasteiger partial charge is 0.272 e. The van der Waals surface area contributed by atoms with Crippen molar-refractivity contribution in [3.8, 4) is 5.75 Å². The Morgan fingerprint density at radius 2 is 1.78 bits per heavy atom. The molecule has 0 radical (unpaired) electrons. The zero-order valence-corrected chi connectivity index (χ0v) is 20.9. The standard InChI is InChI=1S/C30H34FN3O2/c1-36-29-20-23(10-13-26(29)31)21-33-17-14-24(15-18-33)28(19-22-7-3-2-4-8-22)34(25-11-12-25)30(35)27-9-5-6-16-32-27/h2-10,13,16,20,24-25,28H,11-12,14-15,17-19,21H2,1H3/t28-/m1/s1. The van der Waals surface area contributed by atoms with E-state index in [-0.39, 0.29) is 17.8 Å². The third kappa shape index (κ3) is 5.76. The molecule has 2 aromatic carbocycles. The Labute approximate surface area is 212 Å². The van der Waals surface area contributed by atoms with Crippen molar-refractivity contribution in [1.82, 2.24) is 14.8 Å². The van der Waals surface area contributed by atoms with Crippen molar-refractivity contribution in [3.05, 3.63) is 95.6 Å². The number of nitrogens with zero attached hydrogens (tertiary/aromatic N) is 3. The van der Waals surface area contributed by atoms with Gasteiger partial charge in [0.05, 0.1) is 7.11 Å². The van der Waals surface area contributed by atoms with Gasteiger partial charge in [-0.15, -0.1) is 0 Å². The number of benzene rings is 2. The van der Waals surface area contributed by atoms with Gasteiger partial charge in [-0.1, -0.05) is 42.5 Å². The predicted octanol–water partition coefficient (Wildman–Crippen LogP) is 5.36. The fraction of sp³-hybridized carbons (Fsp3) is 0.400. The van der Waals surface area contributed by atoms with E-state index in [2.05, 4.69) is 39.0 Å². The number of carbonyl (C=O) groups excluding carboxylic acids is 1. The lowest BCUT2D eigenvalue weighted by Crippen LogP contribution is -2.50. The van der Waals surface area contributed by atoms with Crippen molar-refractivity contribution in [1.29, 1.82) is 0 Å². The molecule has 1 saturated carbocycles. The summed E-state index contributed by atoms with van der Waals surface area (Å²) in [5, 5.41) is 0. The molecule has 0 unspecified atom stereocenters. The molecule has 1 amide bonds. The Kier molecular flexibility index (Phi) is 7.61. The van der Waals surface area contributed by atoms with Gasteiger partial charge in [-0.3, -0.25) is 14.7 Å². The van der Waals surface area contributed by atoms with Crippen LogP contribution in [0.3, 0.4) is 0 Å². The summed E-state index contributed by atoms with van der Waals surface area (Å²) >= 11 is 0. The largest absolute Gasteiger partial charge is 0.494 e. The minimum absolute atomic E-state index is 0.0554. The monoisotopic (exact) mass is 487 g/mol. The van der Waals surface area contributed by atoms with Gasteiger partial charge in [0.25, 0.3) is 5.91 Å². The first-order valence-electron chi connectivity index (χ1n) is 12.9. The summed E-state index contributed by atoms with van der Waals surface area (Å²) < 4.78 is 19.0. The van der Waals surface area contributed by atoms with E-state index in [1.54, 1.807) is 12.3 Å². The van der Waals surface area contributed by atoms with E-state index < -0.39 is 0 Å². The normalized spacial score (nSPS) is 17.5. The number of pyridine rings is 1. The third-order valence-corrected chi connectivity index (χ3v) is 7.50. The number of rotatable bonds is 9. The molecule has 0 spiro atoms. The highest BCUT2D eigenvalue weighted by atomic mass is 19.1. The second-order valence-electron chi connectivity index (χ2n) is 10.00. The van der Waals surface area contributed by atoms with E-state index in [1.807, 2.05) is 30.3 Å². The first-order valence-corrected chi connectivity index (χ1v) is 12.9. The van der Waals surface area contributed by atoms with Crippen LogP contribution in [0.2, 0.25) is 0 Å². The van der Waals surface area contributed by atoms with Crippen LogP contribution < -0.4 is 4.74 Å². The van der Waals surface area contributed by atoms with Gasteiger partial charge < -0.3 is 9.64 Å². The highest BCUT2D eigenvalue weighted by molar-refractivity contribution is 5.93. The average Bonchev–Trinajstić information content (AvgIpc) is 3.76. The molecule has 5 rings (SSSR count). The van der Waals surface area contributed by atoms with E-state index in [0.717, 1.165) is 57.3 Å². The van der Waals surface area contributed by atoms with E-state index in [0.29, 0.717) is 23.4 Å². The molecule has 1 atom stereocenters. The Bertz CT molecular complexity index is 1150. The van der Waals surface area contributed by atoms with Crippen LogP contribution in [0.4, 0.5) is 4.39 Å². The summed E-state index contributed by atoms with van der Waals surface area (Å²) in [7, 11) is 1.50. The molecule has 1 saturated heterocycles. The van der Waals surface area contributed by atoms with Crippen molar-refractivity contribution in [2.75, 3.05) is 20.2 Å². The van der Waals surface area contributed by atoms with Crippen LogP contribution in [0.1, 0.15) is 47.3 Å². The molecule has 188 valence electrons. The van der Waals surface area contributed by atoms with Crippen LogP contribution >= 0.6 is 0 Å². The number of amides is 1. The van der Waals surface area contributed by atoms with Crippen LogP contribution in [-0.4, -0.2) is 53.0 Å². The molecule has 0 N–H and O–H groups in total. The Hall–Kier alpha value is -3.25. The average molecular weight is 488 g/mol. The van der Waals surface area contributed by atoms with Crippen molar-refractivity contribution in [3.63, 3.8) is 0 Å². The van der Waals surface area contributed by atoms with Crippen LogP contribution in [-0.2, 0) is 13.0 Å². The van der Waals surface area contributed by atoms with Gasteiger partial charge in [-0.05, 0) is 86.5 Å². The van der Waals surface area contributed by atoms with Gasteiger partial charge >= 0.3 is 0 Å². The van der Waals surface area contributed by atoms with Gasteiger partial charge in [0.2, 0.25) is 0 Å². The maximum absolute atomic E-state index is 13.8. The highest BCUT2D eigenvalue weighted by Gasteiger charge is 2.42. The number of ether oxygens (including phenoxy) is 1. The summed E-state index contributed by atoms with van der Waals surface area (Å²) in [6.45, 7) is 2.67. The lowest BCUT2D eigenvalue weighted by molar-refractivity contribution is 0.0477. The zero-order valence-electron chi connectivity index (χ0n) is 20.9. The van der Waals surface area contributed by atoms with Gasteiger partial charge in [0, 0.05) is 24.8 Å². The lowest BCUT2D eigenvalue weighted by Gasteiger charge is -2.42. The van der Waals surface area contributed by atoms with Gasteiger partial charge in [0.15, 0.2) is 11.6 Å². The molecular formula is C30H34FN3O2. The molecular weight excluding hydrogens is 453 g/mol. The number of methoxy groups -OCH3 is 1. The van der Waals surface area contributed by atoms with E-state index in [9.17, 15) is 9.18 Å².